The third kappa shape index (κ3) is 1.91. The Kier molecular flexibility index (Phi) is 2.65. The van der Waals surface area contributed by atoms with Gasteiger partial charge in [0.25, 0.3) is 0 Å². The minimum absolute atomic E-state index is 0.231. The summed E-state index contributed by atoms with van der Waals surface area (Å²) in [4.78, 5) is 5.05. The summed E-state index contributed by atoms with van der Waals surface area (Å²) in [5.41, 5.74) is 5.70. The Morgan fingerprint density at radius 3 is 2.94 bits per heavy atom. The molecule has 0 saturated heterocycles. The molecule has 0 spiro atoms. The lowest BCUT2D eigenvalue weighted by Crippen LogP contribution is -2.04. The van der Waals surface area contributed by atoms with Crippen LogP contribution in [0.25, 0.3) is 20.7 Å². The minimum Gasteiger partial charge on any atom is -0.438 e. The van der Waals surface area contributed by atoms with Crippen LogP contribution in [-0.4, -0.2) is 4.98 Å². The highest BCUT2D eigenvalue weighted by molar-refractivity contribution is 7.22. The lowest BCUT2D eigenvalue weighted by atomic mass is 10.2. The van der Waals surface area contributed by atoms with E-state index in [0.29, 0.717) is 11.7 Å². The Morgan fingerprint density at radius 2 is 2.22 bits per heavy atom. The van der Waals surface area contributed by atoms with Crippen molar-refractivity contribution < 1.29 is 8.81 Å². The zero-order chi connectivity index (χ0) is 12.7. The molecule has 0 amide bonds. The van der Waals surface area contributed by atoms with Gasteiger partial charge in [0.2, 0.25) is 5.89 Å². The van der Waals surface area contributed by atoms with Crippen LogP contribution in [0.3, 0.4) is 0 Å². The van der Waals surface area contributed by atoms with Crippen molar-refractivity contribution in [1.29, 1.82) is 0 Å². The summed E-state index contributed by atoms with van der Waals surface area (Å²) in [7, 11) is 0. The van der Waals surface area contributed by atoms with E-state index < -0.39 is 0 Å². The molecule has 0 saturated carbocycles. The molecule has 2 heterocycles. The first-order chi connectivity index (χ1) is 8.63. The molecule has 5 heteroatoms. The lowest BCUT2D eigenvalue weighted by Gasteiger charge is -1.95. The largest absolute Gasteiger partial charge is 0.438 e. The number of aromatic nitrogens is 1. The van der Waals surface area contributed by atoms with Crippen LogP contribution < -0.4 is 5.73 Å². The molecule has 3 rings (SSSR count). The first kappa shape index (κ1) is 11.4. The van der Waals surface area contributed by atoms with Gasteiger partial charge in [-0.25, -0.2) is 9.37 Å². The van der Waals surface area contributed by atoms with Gasteiger partial charge in [-0.15, -0.1) is 11.3 Å². The van der Waals surface area contributed by atoms with E-state index >= 15 is 0 Å². The third-order valence-electron chi connectivity index (χ3n) is 2.64. The maximum absolute atomic E-state index is 13.1. The monoisotopic (exact) mass is 262 g/mol. The summed E-state index contributed by atoms with van der Waals surface area (Å²) in [6.07, 6.45) is 1.65. The van der Waals surface area contributed by atoms with Crippen LogP contribution in [0.5, 0.6) is 0 Å². The van der Waals surface area contributed by atoms with E-state index in [2.05, 4.69) is 4.98 Å². The summed E-state index contributed by atoms with van der Waals surface area (Å²) in [5.74, 6) is 0.947. The van der Waals surface area contributed by atoms with Gasteiger partial charge in [0.1, 0.15) is 5.82 Å². The number of benzene rings is 1. The zero-order valence-electron chi connectivity index (χ0n) is 9.68. The Hall–Kier alpha value is -1.72. The molecule has 18 heavy (non-hydrogen) atoms. The van der Waals surface area contributed by atoms with E-state index in [4.69, 9.17) is 10.2 Å². The van der Waals surface area contributed by atoms with Gasteiger partial charge in [-0.2, -0.15) is 0 Å². The van der Waals surface area contributed by atoms with E-state index in [0.717, 1.165) is 15.0 Å². The molecular weight excluding hydrogens is 251 g/mol. The standard InChI is InChI=1S/C13H11FN2OS/c1-7(15)13-16-6-10(17-13)12-4-8-2-3-9(14)5-11(8)18-12/h2-7H,15H2,1H3. The van der Waals surface area contributed by atoms with Crippen molar-refractivity contribution in [2.24, 2.45) is 5.73 Å². The van der Waals surface area contributed by atoms with Crippen molar-refractivity contribution >= 4 is 21.4 Å². The SMILES string of the molecule is CC(N)c1ncc(-c2cc3ccc(F)cc3s2)o1. The summed E-state index contributed by atoms with van der Waals surface area (Å²) in [6.45, 7) is 1.82. The van der Waals surface area contributed by atoms with Crippen molar-refractivity contribution in [2.45, 2.75) is 13.0 Å². The minimum atomic E-state index is -0.232. The molecule has 1 aromatic carbocycles. The number of rotatable bonds is 2. The lowest BCUT2D eigenvalue weighted by molar-refractivity contribution is 0.474. The second-order valence-electron chi connectivity index (χ2n) is 4.14. The molecule has 0 fully saturated rings. The topological polar surface area (TPSA) is 52.0 Å². The maximum Gasteiger partial charge on any atom is 0.211 e. The summed E-state index contributed by atoms with van der Waals surface area (Å²) in [5, 5.41) is 0.996. The summed E-state index contributed by atoms with van der Waals surface area (Å²) in [6, 6.07) is 6.46. The normalized spacial score (nSPS) is 13.1. The molecular formula is C13H11FN2OS. The van der Waals surface area contributed by atoms with Gasteiger partial charge >= 0.3 is 0 Å². The number of nitrogens with two attached hydrogens (primary N) is 1. The van der Waals surface area contributed by atoms with Gasteiger partial charge < -0.3 is 10.2 Å². The fourth-order valence-corrected chi connectivity index (χ4v) is 2.77. The molecule has 0 radical (unpaired) electrons. The maximum atomic E-state index is 13.1. The predicted octanol–water partition coefficient (Wildman–Crippen LogP) is 3.72. The number of oxazole rings is 1. The molecule has 2 aromatic heterocycles. The van der Waals surface area contributed by atoms with E-state index in [1.54, 1.807) is 12.3 Å². The predicted molar refractivity (Wildman–Crippen MR) is 69.9 cm³/mol. The highest BCUT2D eigenvalue weighted by Gasteiger charge is 2.12. The van der Waals surface area contributed by atoms with E-state index in [1.807, 2.05) is 13.0 Å². The zero-order valence-corrected chi connectivity index (χ0v) is 10.5. The van der Waals surface area contributed by atoms with Crippen LogP contribution in [0, 0.1) is 5.82 Å². The van der Waals surface area contributed by atoms with Gasteiger partial charge in [-0.1, -0.05) is 6.07 Å². The second-order valence-corrected chi connectivity index (χ2v) is 5.23. The van der Waals surface area contributed by atoms with E-state index in [9.17, 15) is 4.39 Å². The number of fused-ring (bicyclic) bond motifs is 1. The number of halogens is 1. The Balaban J connectivity index is 2.07. The Labute approximate surface area is 107 Å². The average molecular weight is 262 g/mol. The Bertz CT molecular complexity index is 702. The average Bonchev–Trinajstić information content (AvgIpc) is 2.93. The molecule has 0 bridgehead atoms. The van der Waals surface area contributed by atoms with Crippen molar-refractivity contribution in [3.05, 3.63) is 42.2 Å². The first-order valence-electron chi connectivity index (χ1n) is 5.54. The Morgan fingerprint density at radius 1 is 1.39 bits per heavy atom. The molecule has 2 N–H and O–H groups in total. The van der Waals surface area contributed by atoms with E-state index in [1.165, 1.54) is 23.5 Å². The van der Waals surface area contributed by atoms with Gasteiger partial charge in [-0.3, -0.25) is 0 Å². The fraction of sp³-hybridized carbons (Fsp3) is 0.154. The smallest absolute Gasteiger partial charge is 0.211 e. The second kappa shape index (κ2) is 4.19. The van der Waals surface area contributed by atoms with Crippen molar-refractivity contribution in [3.8, 4) is 10.6 Å². The van der Waals surface area contributed by atoms with Gasteiger partial charge in [0.05, 0.1) is 17.1 Å². The fourth-order valence-electron chi connectivity index (χ4n) is 1.74. The molecule has 1 atom stereocenters. The number of hydrogen-bond acceptors (Lipinski definition) is 4. The van der Waals surface area contributed by atoms with Crippen LogP contribution >= 0.6 is 11.3 Å². The van der Waals surface area contributed by atoms with Gasteiger partial charge in [0.15, 0.2) is 5.76 Å². The number of nitrogens with zero attached hydrogens (tertiary/aromatic N) is 1. The molecule has 3 aromatic rings. The van der Waals surface area contributed by atoms with Crippen molar-refractivity contribution in [1.82, 2.24) is 4.98 Å². The summed E-state index contributed by atoms with van der Waals surface area (Å²) < 4.78 is 19.6. The highest BCUT2D eigenvalue weighted by Crippen LogP contribution is 2.34. The molecule has 1 unspecified atom stereocenters. The van der Waals surface area contributed by atoms with Crippen LogP contribution in [0.1, 0.15) is 18.9 Å². The quantitative estimate of drug-likeness (QED) is 0.765. The van der Waals surface area contributed by atoms with Crippen LogP contribution in [0.2, 0.25) is 0 Å². The molecule has 3 nitrogen and oxygen atoms in total. The van der Waals surface area contributed by atoms with E-state index in [-0.39, 0.29) is 11.9 Å². The van der Waals surface area contributed by atoms with Gasteiger partial charge in [0, 0.05) is 4.70 Å². The van der Waals surface area contributed by atoms with Crippen LogP contribution in [-0.2, 0) is 0 Å². The number of thiophene rings is 1. The molecule has 92 valence electrons. The highest BCUT2D eigenvalue weighted by atomic mass is 32.1. The van der Waals surface area contributed by atoms with Gasteiger partial charge in [-0.05, 0) is 30.5 Å². The van der Waals surface area contributed by atoms with Crippen LogP contribution in [0.4, 0.5) is 4.39 Å². The molecule has 0 aliphatic heterocycles. The first-order valence-corrected chi connectivity index (χ1v) is 6.36. The molecule has 0 aliphatic carbocycles. The number of hydrogen-bond donors (Lipinski definition) is 1. The van der Waals surface area contributed by atoms with Crippen molar-refractivity contribution in [2.75, 3.05) is 0 Å². The summed E-state index contributed by atoms with van der Waals surface area (Å²) >= 11 is 1.48. The molecule has 0 aliphatic rings. The van der Waals surface area contributed by atoms with Crippen LogP contribution in [0.15, 0.2) is 34.9 Å². The third-order valence-corrected chi connectivity index (χ3v) is 3.75. The van der Waals surface area contributed by atoms with Crippen molar-refractivity contribution in [3.63, 3.8) is 0 Å².